The fraction of sp³-hybridized carbons (Fsp3) is 0.316. The third-order valence-corrected chi connectivity index (χ3v) is 5.47. The van der Waals surface area contributed by atoms with Crippen LogP contribution in [0.4, 0.5) is 5.13 Å². The first-order valence-corrected chi connectivity index (χ1v) is 9.26. The lowest BCUT2D eigenvalue weighted by Gasteiger charge is -2.29. The minimum absolute atomic E-state index is 0.00670. The Balaban J connectivity index is 1.95. The van der Waals surface area contributed by atoms with E-state index in [-0.39, 0.29) is 18.6 Å². The highest BCUT2D eigenvalue weighted by molar-refractivity contribution is 7.22. The molecule has 5 heteroatoms. The van der Waals surface area contributed by atoms with Crippen LogP contribution >= 0.6 is 22.9 Å². The molecule has 2 atom stereocenters. The van der Waals surface area contributed by atoms with Crippen molar-refractivity contribution in [2.45, 2.75) is 19.9 Å². The molecule has 0 saturated heterocycles. The van der Waals surface area contributed by atoms with Crippen LogP contribution in [0.25, 0.3) is 10.2 Å². The number of fused-ring (bicyclic) bond motifs is 1. The van der Waals surface area contributed by atoms with Crippen LogP contribution in [0, 0.1) is 11.8 Å². The molecule has 1 aromatic heterocycles. The largest absolute Gasteiger partial charge is 0.396 e. The van der Waals surface area contributed by atoms with Crippen LogP contribution < -0.4 is 5.32 Å². The van der Waals surface area contributed by atoms with E-state index in [2.05, 4.69) is 36.3 Å². The fourth-order valence-electron chi connectivity index (χ4n) is 2.89. The fourth-order valence-corrected chi connectivity index (χ4v) is 4.07. The molecule has 0 unspecified atom stereocenters. The van der Waals surface area contributed by atoms with Crippen molar-refractivity contribution in [3.8, 4) is 0 Å². The molecular weight excluding hydrogens is 340 g/mol. The van der Waals surface area contributed by atoms with Gasteiger partial charge in [-0.15, -0.1) is 0 Å². The van der Waals surface area contributed by atoms with Crippen LogP contribution in [0.5, 0.6) is 0 Å². The molecule has 0 aliphatic carbocycles. The Morgan fingerprint density at radius 2 is 1.92 bits per heavy atom. The molecule has 0 fully saturated rings. The SMILES string of the molecule is CC(C)[C@H](CO)[C@H](Nc1nc2ccc(Cl)cc2s1)c1ccccc1. The number of hydrogen-bond donors (Lipinski definition) is 2. The molecule has 0 bridgehead atoms. The highest BCUT2D eigenvalue weighted by Crippen LogP contribution is 2.35. The quantitative estimate of drug-likeness (QED) is 0.621. The highest BCUT2D eigenvalue weighted by atomic mass is 35.5. The van der Waals surface area contributed by atoms with Crippen molar-refractivity contribution in [1.82, 2.24) is 4.98 Å². The molecule has 3 aromatic rings. The van der Waals surface area contributed by atoms with Crippen LogP contribution in [-0.4, -0.2) is 16.7 Å². The Bertz CT molecular complexity index is 803. The molecule has 0 aliphatic rings. The van der Waals surface area contributed by atoms with Gasteiger partial charge in [0.25, 0.3) is 0 Å². The number of hydrogen-bond acceptors (Lipinski definition) is 4. The lowest BCUT2D eigenvalue weighted by molar-refractivity contribution is 0.172. The van der Waals surface area contributed by atoms with Crippen LogP contribution in [0.2, 0.25) is 5.02 Å². The zero-order valence-electron chi connectivity index (χ0n) is 13.7. The average Bonchev–Trinajstić information content (AvgIpc) is 2.96. The van der Waals surface area contributed by atoms with Crippen LogP contribution in [-0.2, 0) is 0 Å². The van der Waals surface area contributed by atoms with Crippen molar-refractivity contribution in [1.29, 1.82) is 0 Å². The van der Waals surface area contributed by atoms with Crippen molar-refractivity contribution in [3.05, 3.63) is 59.1 Å². The van der Waals surface area contributed by atoms with E-state index in [1.165, 1.54) is 0 Å². The summed E-state index contributed by atoms with van der Waals surface area (Å²) in [7, 11) is 0. The summed E-state index contributed by atoms with van der Waals surface area (Å²) in [5.74, 6) is 0.444. The molecule has 0 spiro atoms. The lowest BCUT2D eigenvalue weighted by atomic mass is 9.85. The van der Waals surface area contributed by atoms with Gasteiger partial charge in [0.2, 0.25) is 0 Å². The standard InChI is InChI=1S/C19H21ClN2OS/c1-12(2)15(11-23)18(13-6-4-3-5-7-13)22-19-21-16-9-8-14(20)10-17(16)24-19/h3-10,12,15,18,23H,11H2,1-2H3,(H,21,22)/t15-,18+/m0/s1. The molecule has 0 radical (unpaired) electrons. The van der Waals surface area contributed by atoms with Crippen molar-refractivity contribution in [3.63, 3.8) is 0 Å². The minimum Gasteiger partial charge on any atom is -0.396 e. The summed E-state index contributed by atoms with van der Waals surface area (Å²) in [4.78, 5) is 4.66. The van der Waals surface area contributed by atoms with Gasteiger partial charge in [0.1, 0.15) is 0 Å². The van der Waals surface area contributed by atoms with E-state index in [0.717, 1.165) is 20.9 Å². The number of halogens is 1. The number of aliphatic hydroxyl groups excluding tert-OH is 1. The summed E-state index contributed by atoms with van der Waals surface area (Å²) < 4.78 is 1.06. The van der Waals surface area contributed by atoms with Crippen molar-refractivity contribution in [2.75, 3.05) is 11.9 Å². The van der Waals surface area contributed by atoms with Gasteiger partial charge in [-0.3, -0.25) is 0 Å². The van der Waals surface area contributed by atoms with Crippen molar-refractivity contribution in [2.24, 2.45) is 11.8 Å². The van der Waals surface area contributed by atoms with Crippen molar-refractivity contribution < 1.29 is 5.11 Å². The summed E-state index contributed by atoms with van der Waals surface area (Å²) in [6.45, 7) is 4.40. The van der Waals surface area contributed by atoms with E-state index in [1.807, 2.05) is 36.4 Å². The van der Waals surface area contributed by atoms with Crippen LogP contribution in [0.1, 0.15) is 25.5 Å². The Labute approximate surface area is 151 Å². The van der Waals surface area contributed by atoms with Crippen LogP contribution in [0.3, 0.4) is 0 Å². The smallest absolute Gasteiger partial charge is 0.184 e. The van der Waals surface area contributed by atoms with E-state index in [0.29, 0.717) is 10.9 Å². The Morgan fingerprint density at radius 3 is 2.58 bits per heavy atom. The van der Waals surface area contributed by atoms with Gasteiger partial charge in [-0.2, -0.15) is 0 Å². The normalized spacial score (nSPS) is 14.0. The number of aromatic nitrogens is 1. The predicted octanol–water partition coefficient (Wildman–Crippen LogP) is 5.37. The average molecular weight is 361 g/mol. The first-order valence-electron chi connectivity index (χ1n) is 8.07. The van der Waals surface area contributed by atoms with Gasteiger partial charge in [-0.1, -0.05) is 67.1 Å². The van der Waals surface area contributed by atoms with Gasteiger partial charge < -0.3 is 10.4 Å². The predicted molar refractivity (Wildman–Crippen MR) is 103 cm³/mol. The summed E-state index contributed by atoms with van der Waals surface area (Å²) >= 11 is 7.66. The molecule has 1 heterocycles. The third kappa shape index (κ3) is 3.72. The van der Waals surface area contributed by atoms with Gasteiger partial charge in [0.15, 0.2) is 5.13 Å². The number of anilines is 1. The van der Waals surface area contributed by atoms with E-state index in [1.54, 1.807) is 11.3 Å². The maximum atomic E-state index is 9.91. The second-order valence-electron chi connectivity index (χ2n) is 6.25. The summed E-state index contributed by atoms with van der Waals surface area (Å²) in [6, 6.07) is 16.0. The minimum atomic E-state index is 0.00670. The molecular formula is C19H21ClN2OS. The molecule has 24 heavy (non-hydrogen) atoms. The second kappa shape index (κ2) is 7.51. The monoisotopic (exact) mass is 360 g/mol. The number of aliphatic hydroxyl groups is 1. The number of benzene rings is 2. The third-order valence-electron chi connectivity index (χ3n) is 4.28. The highest BCUT2D eigenvalue weighted by Gasteiger charge is 2.26. The number of rotatable bonds is 6. The van der Waals surface area contributed by atoms with Gasteiger partial charge in [-0.25, -0.2) is 4.98 Å². The van der Waals surface area contributed by atoms with Gasteiger partial charge in [-0.05, 0) is 29.7 Å². The summed E-state index contributed by atoms with van der Waals surface area (Å²) in [6.07, 6.45) is 0. The Hall–Kier alpha value is -1.62. The Morgan fingerprint density at radius 1 is 1.17 bits per heavy atom. The maximum Gasteiger partial charge on any atom is 0.184 e. The van der Waals surface area contributed by atoms with E-state index in [4.69, 9.17) is 11.6 Å². The van der Waals surface area contributed by atoms with Gasteiger partial charge in [0, 0.05) is 17.5 Å². The molecule has 2 aromatic carbocycles. The zero-order valence-corrected chi connectivity index (χ0v) is 15.3. The Kier molecular flexibility index (Phi) is 5.39. The lowest BCUT2D eigenvalue weighted by Crippen LogP contribution is -2.28. The zero-order chi connectivity index (χ0) is 17.1. The van der Waals surface area contributed by atoms with Crippen molar-refractivity contribution >= 4 is 38.3 Å². The molecule has 2 N–H and O–H groups in total. The molecule has 3 nitrogen and oxygen atoms in total. The summed E-state index contributed by atoms with van der Waals surface area (Å²) in [5.41, 5.74) is 2.09. The van der Waals surface area contributed by atoms with E-state index < -0.39 is 0 Å². The van der Waals surface area contributed by atoms with E-state index >= 15 is 0 Å². The van der Waals surface area contributed by atoms with E-state index in [9.17, 15) is 5.11 Å². The second-order valence-corrected chi connectivity index (χ2v) is 7.72. The number of nitrogens with zero attached hydrogens (tertiary/aromatic N) is 1. The first-order chi connectivity index (χ1) is 11.6. The maximum absolute atomic E-state index is 9.91. The molecule has 0 saturated carbocycles. The van der Waals surface area contributed by atoms with Crippen LogP contribution in [0.15, 0.2) is 48.5 Å². The summed E-state index contributed by atoms with van der Waals surface area (Å²) in [5, 5.41) is 15.0. The molecule has 126 valence electrons. The molecule has 0 amide bonds. The molecule has 3 rings (SSSR count). The van der Waals surface area contributed by atoms with Gasteiger partial charge >= 0.3 is 0 Å². The number of nitrogens with one attached hydrogen (secondary N) is 1. The van der Waals surface area contributed by atoms with Gasteiger partial charge in [0.05, 0.1) is 16.3 Å². The topological polar surface area (TPSA) is 45.1 Å². The number of thiazole rings is 1. The first kappa shape index (κ1) is 17.2. The molecule has 0 aliphatic heterocycles.